The van der Waals surface area contributed by atoms with Crippen LogP contribution >= 0.6 is 15.9 Å². The standard InChI is InChI=1S/C12H12BrN3/c1-7-5-10(7)15-12-14-6-8-3-2-4-9(13)11(8)16-12/h2-4,6-7,10H,5H2,1H3,(H,14,15,16). The van der Waals surface area contributed by atoms with Crippen LogP contribution in [0.2, 0.25) is 0 Å². The first-order valence-electron chi connectivity index (χ1n) is 5.42. The van der Waals surface area contributed by atoms with E-state index in [2.05, 4.69) is 38.1 Å². The molecule has 16 heavy (non-hydrogen) atoms. The van der Waals surface area contributed by atoms with E-state index < -0.39 is 0 Å². The first kappa shape index (κ1) is 10.0. The fourth-order valence-corrected chi connectivity index (χ4v) is 2.25. The second-order valence-electron chi connectivity index (χ2n) is 4.34. The first-order valence-corrected chi connectivity index (χ1v) is 6.21. The van der Waals surface area contributed by atoms with Crippen LogP contribution in [0.25, 0.3) is 10.9 Å². The zero-order chi connectivity index (χ0) is 11.1. The van der Waals surface area contributed by atoms with Crippen LogP contribution in [0.5, 0.6) is 0 Å². The van der Waals surface area contributed by atoms with Crippen LogP contribution in [-0.4, -0.2) is 16.0 Å². The maximum atomic E-state index is 4.52. The Labute approximate surface area is 102 Å². The molecule has 2 atom stereocenters. The fourth-order valence-electron chi connectivity index (χ4n) is 1.78. The molecule has 1 saturated carbocycles. The molecule has 1 aliphatic rings. The summed E-state index contributed by atoms with van der Waals surface area (Å²) in [7, 11) is 0. The van der Waals surface area contributed by atoms with Gasteiger partial charge in [-0.15, -0.1) is 0 Å². The van der Waals surface area contributed by atoms with E-state index in [0.717, 1.165) is 27.2 Å². The predicted molar refractivity (Wildman–Crippen MR) is 68.4 cm³/mol. The zero-order valence-corrected chi connectivity index (χ0v) is 10.5. The molecule has 2 unspecified atom stereocenters. The Bertz CT molecular complexity index is 541. The maximum absolute atomic E-state index is 4.52. The highest BCUT2D eigenvalue weighted by atomic mass is 79.9. The van der Waals surface area contributed by atoms with E-state index in [0.29, 0.717) is 6.04 Å². The predicted octanol–water partition coefficient (Wildman–Crippen LogP) is 3.21. The number of fused-ring (bicyclic) bond motifs is 1. The van der Waals surface area contributed by atoms with Crippen LogP contribution in [0.3, 0.4) is 0 Å². The van der Waals surface area contributed by atoms with Crippen LogP contribution in [-0.2, 0) is 0 Å². The van der Waals surface area contributed by atoms with Crippen molar-refractivity contribution < 1.29 is 0 Å². The van der Waals surface area contributed by atoms with E-state index in [4.69, 9.17) is 0 Å². The van der Waals surface area contributed by atoms with Gasteiger partial charge in [-0.1, -0.05) is 19.1 Å². The molecule has 1 fully saturated rings. The van der Waals surface area contributed by atoms with Crippen LogP contribution in [0.1, 0.15) is 13.3 Å². The summed E-state index contributed by atoms with van der Waals surface area (Å²) in [5, 5.41) is 4.40. The molecular formula is C12H12BrN3. The Morgan fingerprint density at radius 2 is 2.25 bits per heavy atom. The maximum Gasteiger partial charge on any atom is 0.223 e. The average Bonchev–Trinajstić information content (AvgIpc) is 2.96. The van der Waals surface area contributed by atoms with Crippen LogP contribution in [0.15, 0.2) is 28.9 Å². The highest BCUT2D eigenvalue weighted by molar-refractivity contribution is 9.10. The number of nitrogens with zero attached hydrogens (tertiary/aromatic N) is 2. The average molecular weight is 278 g/mol. The van der Waals surface area contributed by atoms with Crippen molar-refractivity contribution in [1.82, 2.24) is 9.97 Å². The van der Waals surface area contributed by atoms with Gasteiger partial charge in [0.25, 0.3) is 0 Å². The van der Waals surface area contributed by atoms with E-state index in [1.54, 1.807) is 0 Å². The normalized spacial score (nSPS) is 23.4. The summed E-state index contributed by atoms with van der Waals surface area (Å²) < 4.78 is 1.01. The van der Waals surface area contributed by atoms with Crippen molar-refractivity contribution in [3.8, 4) is 0 Å². The second kappa shape index (κ2) is 3.70. The summed E-state index contributed by atoms with van der Waals surface area (Å²) in [5.74, 6) is 1.48. The quantitative estimate of drug-likeness (QED) is 0.916. The third-order valence-corrected chi connectivity index (χ3v) is 3.63. The summed E-state index contributed by atoms with van der Waals surface area (Å²) in [5.41, 5.74) is 0.966. The number of aromatic nitrogens is 2. The molecule has 2 aromatic rings. The van der Waals surface area contributed by atoms with Gasteiger partial charge >= 0.3 is 0 Å². The third-order valence-electron chi connectivity index (χ3n) is 2.99. The van der Waals surface area contributed by atoms with Gasteiger partial charge in [0.1, 0.15) is 0 Å². The number of benzene rings is 1. The van der Waals surface area contributed by atoms with Gasteiger partial charge in [-0.25, -0.2) is 9.97 Å². The van der Waals surface area contributed by atoms with Crippen molar-refractivity contribution in [2.24, 2.45) is 5.92 Å². The minimum Gasteiger partial charge on any atom is -0.351 e. The molecule has 1 heterocycles. The lowest BCUT2D eigenvalue weighted by Gasteiger charge is -2.05. The lowest BCUT2D eigenvalue weighted by Crippen LogP contribution is -2.07. The van der Waals surface area contributed by atoms with E-state index in [1.807, 2.05) is 24.4 Å². The van der Waals surface area contributed by atoms with Gasteiger partial charge < -0.3 is 5.32 Å². The van der Waals surface area contributed by atoms with Gasteiger partial charge in [0.05, 0.1) is 5.52 Å². The smallest absolute Gasteiger partial charge is 0.223 e. The Morgan fingerprint density at radius 3 is 3.00 bits per heavy atom. The molecule has 0 bridgehead atoms. The molecule has 1 aromatic carbocycles. The number of para-hydroxylation sites is 1. The Balaban J connectivity index is 1.98. The topological polar surface area (TPSA) is 37.8 Å². The Morgan fingerprint density at radius 1 is 1.44 bits per heavy atom. The number of hydrogen-bond acceptors (Lipinski definition) is 3. The lowest BCUT2D eigenvalue weighted by molar-refractivity contribution is 0.916. The van der Waals surface area contributed by atoms with Crippen LogP contribution < -0.4 is 5.32 Å². The van der Waals surface area contributed by atoms with Crippen molar-refractivity contribution in [3.05, 3.63) is 28.9 Å². The summed E-state index contributed by atoms with van der Waals surface area (Å²) in [4.78, 5) is 8.84. The molecule has 0 aliphatic heterocycles. The first-order chi connectivity index (χ1) is 7.74. The van der Waals surface area contributed by atoms with Crippen molar-refractivity contribution in [2.45, 2.75) is 19.4 Å². The summed E-state index contributed by atoms with van der Waals surface area (Å²) in [6.07, 6.45) is 3.08. The van der Waals surface area contributed by atoms with Gasteiger partial charge in [-0.05, 0) is 34.3 Å². The summed E-state index contributed by atoms with van der Waals surface area (Å²) >= 11 is 3.51. The number of hydrogen-bond donors (Lipinski definition) is 1. The molecule has 82 valence electrons. The number of halogens is 1. The highest BCUT2D eigenvalue weighted by Crippen LogP contribution is 2.32. The van der Waals surface area contributed by atoms with Crippen molar-refractivity contribution >= 4 is 32.8 Å². The Kier molecular flexibility index (Phi) is 2.32. The second-order valence-corrected chi connectivity index (χ2v) is 5.19. The summed E-state index contributed by atoms with van der Waals surface area (Å²) in [6.45, 7) is 2.23. The van der Waals surface area contributed by atoms with E-state index in [9.17, 15) is 0 Å². The summed E-state index contributed by atoms with van der Waals surface area (Å²) in [6, 6.07) is 6.56. The lowest BCUT2D eigenvalue weighted by atomic mass is 10.2. The minimum atomic E-state index is 0.555. The molecule has 0 amide bonds. The number of rotatable bonds is 2. The molecule has 0 spiro atoms. The monoisotopic (exact) mass is 277 g/mol. The molecule has 1 aliphatic carbocycles. The molecule has 3 rings (SSSR count). The molecule has 0 saturated heterocycles. The molecule has 0 radical (unpaired) electrons. The van der Waals surface area contributed by atoms with Crippen LogP contribution in [0.4, 0.5) is 5.95 Å². The molecule has 3 nitrogen and oxygen atoms in total. The number of anilines is 1. The molecule has 1 N–H and O–H groups in total. The van der Waals surface area contributed by atoms with E-state index >= 15 is 0 Å². The van der Waals surface area contributed by atoms with E-state index in [-0.39, 0.29) is 0 Å². The van der Waals surface area contributed by atoms with Gasteiger partial charge in [0.2, 0.25) is 5.95 Å². The number of nitrogens with one attached hydrogen (secondary N) is 1. The van der Waals surface area contributed by atoms with Gasteiger partial charge in [0.15, 0.2) is 0 Å². The molecule has 4 heteroatoms. The SMILES string of the molecule is CC1CC1Nc1ncc2cccc(Br)c2n1. The Hall–Kier alpha value is -1.16. The largest absolute Gasteiger partial charge is 0.351 e. The third kappa shape index (κ3) is 1.78. The van der Waals surface area contributed by atoms with Crippen molar-refractivity contribution in [1.29, 1.82) is 0 Å². The van der Waals surface area contributed by atoms with E-state index in [1.165, 1.54) is 6.42 Å². The minimum absolute atomic E-state index is 0.555. The molecule has 1 aromatic heterocycles. The van der Waals surface area contributed by atoms with Gasteiger partial charge in [0, 0.05) is 22.1 Å². The fraction of sp³-hybridized carbons (Fsp3) is 0.333. The van der Waals surface area contributed by atoms with Crippen LogP contribution in [0, 0.1) is 5.92 Å². The van der Waals surface area contributed by atoms with Gasteiger partial charge in [-0.3, -0.25) is 0 Å². The molecular weight excluding hydrogens is 266 g/mol. The van der Waals surface area contributed by atoms with Crippen molar-refractivity contribution in [3.63, 3.8) is 0 Å². The van der Waals surface area contributed by atoms with Crippen molar-refractivity contribution in [2.75, 3.05) is 5.32 Å². The highest BCUT2D eigenvalue weighted by Gasteiger charge is 2.32. The van der Waals surface area contributed by atoms with Gasteiger partial charge in [-0.2, -0.15) is 0 Å². The zero-order valence-electron chi connectivity index (χ0n) is 8.94.